The normalized spacial score (nSPS) is 10.2. The van der Waals surface area contributed by atoms with Gasteiger partial charge in [-0.05, 0) is 17.5 Å². The number of hydrogen-bond acceptors (Lipinski definition) is 3. The van der Waals surface area contributed by atoms with Crippen LogP contribution in [0.4, 0.5) is 5.69 Å². The maximum atomic E-state index is 5.81. The summed E-state index contributed by atoms with van der Waals surface area (Å²) < 4.78 is 5.12. The van der Waals surface area contributed by atoms with Crippen molar-refractivity contribution in [3.63, 3.8) is 0 Å². The summed E-state index contributed by atoms with van der Waals surface area (Å²) in [6.07, 6.45) is 1.71. The number of fused-ring (bicyclic) bond motifs is 1. The number of ether oxygens (including phenoxy) is 1. The van der Waals surface area contributed by atoms with Crippen molar-refractivity contribution in [1.29, 1.82) is 0 Å². The molecule has 0 atom stereocenters. The largest absolute Gasteiger partial charge is 0.480 e. The van der Waals surface area contributed by atoms with Gasteiger partial charge in [0, 0.05) is 11.9 Å². The predicted octanol–water partition coefficient (Wildman–Crippen LogP) is 1.83. The second-order valence-electron chi connectivity index (χ2n) is 2.77. The predicted molar refractivity (Wildman–Crippen MR) is 52.7 cm³/mol. The molecule has 2 aromatic rings. The van der Waals surface area contributed by atoms with E-state index in [4.69, 9.17) is 10.5 Å². The molecule has 0 aliphatic rings. The van der Waals surface area contributed by atoms with Crippen molar-refractivity contribution in [3.05, 3.63) is 30.5 Å². The van der Waals surface area contributed by atoms with Crippen molar-refractivity contribution >= 4 is 16.5 Å². The summed E-state index contributed by atoms with van der Waals surface area (Å²) in [6.45, 7) is 0. The second kappa shape index (κ2) is 2.94. The number of nitrogen functional groups attached to an aromatic ring is 1. The SMILES string of the molecule is COc1nccc2cccc(N)c12. The van der Waals surface area contributed by atoms with Crippen LogP contribution in [0.5, 0.6) is 5.88 Å². The van der Waals surface area contributed by atoms with Gasteiger partial charge in [-0.2, -0.15) is 0 Å². The van der Waals surface area contributed by atoms with Gasteiger partial charge >= 0.3 is 0 Å². The lowest BCUT2D eigenvalue weighted by Gasteiger charge is -2.05. The van der Waals surface area contributed by atoms with Crippen LogP contribution in [-0.2, 0) is 0 Å². The summed E-state index contributed by atoms with van der Waals surface area (Å²) in [4.78, 5) is 4.08. The zero-order valence-electron chi connectivity index (χ0n) is 7.32. The molecule has 13 heavy (non-hydrogen) atoms. The lowest BCUT2D eigenvalue weighted by atomic mass is 10.1. The number of pyridine rings is 1. The zero-order valence-corrected chi connectivity index (χ0v) is 7.32. The molecule has 66 valence electrons. The summed E-state index contributed by atoms with van der Waals surface area (Å²) in [5.74, 6) is 0.579. The number of nitrogens with zero attached hydrogens (tertiary/aromatic N) is 1. The zero-order chi connectivity index (χ0) is 9.26. The molecule has 0 radical (unpaired) electrons. The molecule has 0 bridgehead atoms. The molecular formula is C10H10N2O. The number of nitrogens with two attached hydrogens (primary N) is 1. The Labute approximate surface area is 76.2 Å². The summed E-state index contributed by atoms with van der Waals surface area (Å²) in [6, 6.07) is 7.65. The molecule has 0 amide bonds. The van der Waals surface area contributed by atoms with E-state index in [1.54, 1.807) is 13.3 Å². The van der Waals surface area contributed by atoms with Gasteiger partial charge in [-0.25, -0.2) is 4.98 Å². The monoisotopic (exact) mass is 174 g/mol. The molecule has 0 saturated carbocycles. The van der Waals surface area contributed by atoms with Crippen LogP contribution >= 0.6 is 0 Å². The lowest BCUT2D eigenvalue weighted by molar-refractivity contribution is 0.403. The van der Waals surface area contributed by atoms with Gasteiger partial charge in [0.2, 0.25) is 5.88 Å². The van der Waals surface area contributed by atoms with E-state index in [-0.39, 0.29) is 0 Å². The van der Waals surface area contributed by atoms with Gasteiger partial charge in [0.15, 0.2) is 0 Å². The summed E-state index contributed by atoms with van der Waals surface area (Å²) in [5.41, 5.74) is 6.51. The highest BCUT2D eigenvalue weighted by molar-refractivity contribution is 5.96. The van der Waals surface area contributed by atoms with Gasteiger partial charge in [-0.1, -0.05) is 12.1 Å². The smallest absolute Gasteiger partial charge is 0.223 e. The van der Waals surface area contributed by atoms with Crippen LogP contribution in [0.2, 0.25) is 0 Å². The van der Waals surface area contributed by atoms with Crippen LogP contribution in [0.3, 0.4) is 0 Å². The Bertz CT molecular complexity index is 435. The molecule has 1 aromatic carbocycles. The van der Waals surface area contributed by atoms with Crippen molar-refractivity contribution in [1.82, 2.24) is 4.98 Å². The standard InChI is InChI=1S/C10H10N2O/c1-13-10-9-7(5-6-12-10)3-2-4-8(9)11/h2-6H,11H2,1H3. The van der Waals surface area contributed by atoms with Crippen LogP contribution in [0.25, 0.3) is 10.8 Å². The first-order valence-corrected chi connectivity index (χ1v) is 4.00. The molecule has 0 spiro atoms. The van der Waals surface area contributed by atoms with E-state index in [0.29, 0.717) is 11.6 Å². The number of rotatable bonds is 1. The van der Waals surface area contributed by atoms with E-state index < -0.39 is 0 Å². The van der Waals surface area contributed by atoms with E-state index in [1.165, 1.54) is 0 Å². The minimum Gasteiger partial charge on any atom is -0.480 e. The fourth-order valence-electron chi connectivity index (χ4n) is 1.38. The molecule has 0 saturated heterocycles. The summed E-state index contributed by atoms with van der Waals surface area (Å²) >= 11 is 0. The highest BCUT2D eigenvalue weighted by Gasteiger charge is 2.04. The summed E-state index contributed by atoms with van der Waals surface area (Å²) in [5, 5.41) is 1.93. The number of benzene rings is 1. The number of hydrogen-bond donors (Lipinski definition) is 1. The molecule has 3 heteroatoms. The third kappa shape index (κ3) is 1.18. The number of methoxy groups -OCH3 is 1. The van der Waals surface area contributed by atoms with E-state index in [2.05, 4.69) is 4.98 Å². The van der Waals surface area contributed by atoms with Gasteiger partial charge < -0.3 is 10.5 Å². The fraction of sp³-hybridized carbons (Fsp3) is 0.100. The van der Waals surface area contributed by atoms with Crippen molar-refractivity contribution in [2.24, 2.45) is 0 Å². The molecule has 0 unspecified atom stereocenters. The molecule has 0 fully saturated rings. The molecule has 3 nitrogen and oxygen atoms in total. The highest BCUT2D eigenvalue weighted by atomic mass is 16.5. The molecular weight excluding hydrogens is 164 g/mol. The van der Waals surface area contributed by atoms with Gasteiger partial charge in [0.05, 0.1) is 12.5 Å². The number of aromatic nitrogens is 1. The molecule has 1 aromatic heterocycles. The Morgan fingerprint density at radius 3 is 2.92 bits per heavy atom. The van der Waals surface area contributed by atoms with Crippen LogP contribution in [0.1, 0.15) is 0 Å². The van der Waals surface area contributed by atoms with Crippen molar-refractivity contribution in [2.75, 3.05) is 12.8 Å². The Hall–Kier alpha value is -1.77. The Morgan fingerprint density at radius 2 is 2.15 bits per heavy atom. The van der Waals surface area contributed by atoms with Crippen LogP contribution in [0.15, 0.2) is 30.5 Å². The van der Waals surface area contributed by atoms with Gasteiger partial charge in [-0.3, -0.25) is 0 Å². The van der Waals surface area contributed by atoms with Crippen molar-refractivity contribution < 1.29 is 4.74 Å². The van der Waals surface area contributed by atoms with Crippen LogP contribution in [-0.4, -0.2) is 12.1 Å². The minimum atomic E-state index is 0.579. The topological polar surface area (TPSA) is 48.1 Å². The van der Waals surface area contributed by atoms with E-state index >= 15 is 0 Å². The first-order valence-electron chi connectivity index (χ1n) is 4.00. The first-order chi connectivity index (χ1) is 6.33. The van der Waals surface area contributed by atoms with Crippen LogP contribution in [0, 0.1) is 0 Å². The highest BCUT2D eigenvalue weighted by Crippen LogP contribution is 2.27. The Balaban J connectivity index is 2.87. The third-order valence-electron chi connectivity index (χ3n) is 1.98. The summed E-state index contributed by atoms with van der Waals surface area (Å²) in [7, 11) is 1.59. The maximum absolute atomic E-state index is 5.81. The van der Waals surface area contributed by atoms with E-state index in [9.17, 15) is 0 Å². The second-order valence-corrected chi connectivity index (χ2v) is 2.77. The molecule has 1 heterocycles. The van der Waals surface area contributed by atoms with Gasteiger partial charge in [-0.15, -0.1) is 0 Å². The van der Waals surface area contributed by atoms with E-state index in [1.807, 2.05) is 24.3 Å². The van der Waals surface area contributed by atoms with E-state index in [0.717, 1.165) is 10.8 Å². The number of anilines is 1. The fourth-order valence-corrected chi connectivity index (χ4v) is 1.38. The van der Waals surface area contributed by atoms with Crippen molar-refractivity contribution in [2.45, 2.75) is 0 Å². The quantitative estimate of drug-likeness (QED) is 0.671. The molecule has 0 aliphatic carbocycles. The van der Waals surface area contributed by atoms with Gasteiger partial charge in [0.1, 0.15) is 0 Å². The van der Waals surface area contributed by atoms with Crippen molar-refractivity contribution in [3.8, 4) is 5.88 Å². The van der Waals surface area contributed by atoms with Crippen LogP contribution < -0.4 is 10.5 Å². The first kappa shape index (κ1) is 7.86. The average Bonchev–Trinajstić information content (AvgIpc) is 2.17. The molecule has 2 N–H and O–H groups in total. The minimum absolute atomic E-state index is 0.579. The average molecular weight is 174 g/mol. The molecule has 2 rings (SSSR count). The third-order valence-corrected chi connectivity index (χ3v) is 1.98. The van der Waals surface area contributed by atoms with Gasteiger partial charge in [0.25, 0.3) is 0 Å². The lowest BCUT2D eigenvalue weighted by Crippen LogP contribution is -1.92. The Morgan fingerprint density at radius 1 is 1.31 bits per heavy atom. The Kier molecular flexibility index (Phi) is 1.77. The maximum Gasteiger partial charge on any atom is 0.223 e. The molecule has 0 aliphatic heterocycles.